The van der Waals surface area contributed by atoms with Crippen LogP contribution in [0.4, 0.5) is 5.69 Å². The molecule has 1 heterocycles. The summed E-state index contributed by atoms with van der Waals surface area (Å²) in [4.78, 5) is 2.52. The quantitative estimate of drug-likeness (QED) is 0.810. The van der Waals surface area contributed by atoms with Crippen molar-refractivity contribution in [3.8, 4) is 0 Å². The Morgan fingerprint density at radius 2 is 2.00 bits per heavy atom. The van der Waals surface area contributed by atoms with Crippen LogP contribution in [-0.2, 0) is 10.0 Å². The molecule has 1 aromatic carbocycles. The molecule has 6 heteroatoms. The maximum absolute atomic E-state index is 12.2. The Morgan fingerprint density at radius 1 is 1.32 bits per heavy atom. The maximum Gasteiger partial charge on any atom is 0.242 e. The van der Waals surface area contributed by atoms with Gasteiger partial charge in [0.05, 0.1) is 11.7 Å². The van der Waals surface area contributed by atoms with Gasteiger partial charge >= 0.3 is 0 Å². The Balaban J connectivity index is 2.40. The molecule has 0 aromatic heterocycles. The topological polar surface area (TPSA) is 61.4 Å². The van der Waals surface area contributed by atoms with Gasteiger partial charge in [-0.2, -0.15) is 0 Å². The third-order valence-electron chi connectivity index (χ3n) is 3.34. The van der Waals surface area contributed by atoms with Crippen LogP contribution in [0.5, 0.6) is 0 Å². The molecule has 1 aromatic rings. The Bertz CT molecular complexity index is 526. The van der Waals surface area contributed by atoms with E-state index in [1.807, 2.05) is 12.1 Å². The maximum atomic E-state index is 12.2. The van der Waals surface area contributed by atoms with E-state index in [2.05, 4.69) is 21.9 Å². The van der Waals surface area contributed by atoms with Crippen LogP contribution in [0.25, 0.3) is 0 Å². The molecule has 0 saturated carbocycles. The van der Waals surface area contributed by atoms with Crippen LogP contribution in [0.15, 0.2) is 29.2 Å². The second-order valence-electron chi connectivity index (χ2n) is 4.57. The van der Waals surface area contributed by atoms with E-state index in [9.17, 15) is 8.42 Å². The van der Waals surface area contributed by atoms with E-state index in [0.29, 0.717) is 17.5 Å². The number of hydrogen-bond acceptors (Lipinski definition) is 4. The second-order valence-corrected chi connectivity index (χ2v) is 6.30. The molecule has 0 atom stereocenters. The molecule has 1 saturated heterocycles. The number of benzene rings is 1. The highest BCUT2D eigenvalue weighted by atomic mass is 32.2. The summed E-state index contributed by atoms with van der Waals surface area (Å²) < 4.78 is 27.1. The minimum absolute atomic E-state index is 0.366. The summed E-state index contributed by atoms with van der Waals surface area (Å²) in [6, 6.07) is 7.58. The molecule has 0 radical (unpaired) electrons. The van der Waals surface area contributed by atoms with Crippen LogP contribution in [0, 0.1) is 0 Å². The summed E-state index contributed by atoms with van der Waals surface area (Å²) in [6.45, 7) is 6.84. The van der Waals surface area contributed by atoms with Gasteiger partial charge in [-0.05, 0) is 19.1 Å². The van der Waals surface area contributed by atoms with Gasteiger partial charge in [0.2, 0.25) is 10.0 Å². The second kappa shape index (κ2) is 5.90. The SMILES string of the molecule is CCNS(=O)(=O)c1ccccc1N(CC)C1CNC1. The lowest BCUT2D eigenvalue weighted by Crippen LogP contribution is -2.57. The summed E-state index contributed by atoms with van der Waals surface area (Å²) in [7, 11) is -3.43. The van der Waals surface area contributed by atoms with Crippen molar-refractivity contribution < 1.29 is 8.42 Å². The fraction of sp³-hybridized carbons (Fsp3) is 0.538. The number of rotatable bonds is 6. The van der Waals surface area contributed by atoms with Crippen LogP contribution in [0.3, 0.4) is 0 Å². The Labute approximate surface area is 115 Å². The fourth-order valence-electron chi connectivity index (χ4n) is 2.31. The predicted octanol–water partition coefficient (Wildman–Crippen LogP) is 0.783. The molecule has 0 aliphatic carbocycles. The summed E-state index contributed by atoms with van der Waals surface area (Å²) in [5.74, 6) is 0. The molecular weight excluding hydrogens is 262 g/mol. The number of para-hydroxylation sites is 1. The highest BCUT2D eigenvalue weighted by Gasteiger charge is 2.28. The number of sulfonamides is 1. The van der Waals surface area contributed by atoms with E-state index < -0.39 is 10.0 Å². The van der Waals surface area contributed by atoms with Crippen molar-refractivity contribution in [2.75, 3.05) is 31.1 Å². The number of nitrogens with zero attached hydrogens (tertiary/aromatic N) is 1. The van der Waals surface area contributed by atoms with Gasteiger partial charge in [-0.25, -0.2) is 13.1 Å². The summed E-state index contributed by atoms with van der Waals surface area (Å²) in [5, 5.41) is 3.22. The standard InChI is InChI=1S/C13H21N3O2S/c1-3-15-19(17,18)13-8-6-5-7-12(13)16(4-2)11-9-14-10-11/h5-8,11,14-15H,3-4,9-10H2,1-2H3. The van der Waals surface area contributed by atoms with Crippen molar-refractivity contribution in [3.05, 3.63) is 24.3 Å². The van der Waals surface area contributed by atoms with E-state index in [0.717, 1.165) is 25.3 Å². The van der Waals surface area contributed by atoms with Crippen molar-refractivity contribution in [2.24, 2.45) is 0 Å². The van der Waals surface area contributed by atoms with E-state index in [4.69, 9.17) is 0 Å². The van der Waals surface area contributed by atoms with Crippen molar-refractivity contribution in [3.63, 3.8) is 0 Å². The Hall–Kier alpha value is -1.11. The monoisotopic (exact) mass is 283 g/mol. The normalized spacial score (nSPS) is 16.1. The smallest absolute Gasteiger partial charge is 0.242 e. The molecule has 0 bridgehead atoms. The highest BCUT2D eigenvalue weighted by Crippen LogP contribution is 2.27. The number of likely N-dealkylation sites (N-methyl/N-ethyl adjacent to an activating group) is 1. The lowest BCUT2D eigenvalue weighted by atomic mass is 10.1. The van der Waals surface area contributed by atoms with Crippen molar-refractivity contribution in [2.45, 2.75) is 24.8 Å². The largest absolute Gasteiger partial charge is 0.365 e. The molecule has 1 aliphatic rings. The zero-order valence-corrected chi connectivity index (χ0v) is 12.2. The zero-order chi connectivity index (χ0) is 13.9. The highest BCUT2D eigenvalue weighted by molar-refractivity contribution is 7.89. The average Bonchev–Trinajstić information content (AvgIpc) is 2.33. The van der Waals surface area contributed by atoms with Gasteiger partial charge in [-0.1, -0.05) is 19.1 Å². The molecule has 0 amide bonds. The first-order valence-electron chi connectivity index (χ1n) is 6.66. The van der Waals surface area contributed by atoms with E-state index >= 15 is 0 Å². The Kier molecular flexibility index (Phi) is 4.44. The molecule has 2 rings (SSSR count). The Morgan fingerprint density at radius 3 is 2.53 bits per heavy atom. The summed E-state index contributed by atoms with van der Waals surface area (Å²) >= 11 is 0. The van der Waals surface area contributed by atoms with Crippen LogP contribution in [0.1, 0.15) is 13.8 Å². The van der Waals surface area contributed by atoms with E-state index in [1.54, 1.807) is 19.1 Å². The zero-order valence-electron chi connectivity index (χ0n) is 11.4. The first-order valence-corrected chi connectivity index (χ1v) is 8.14. The average molecular weight is 283 g/mol. The van der Waals surface area contributed by atoms with Gasteiger partial charge in [-0.3, -0.25) is 0 Å². The summed E-state index contributed by atoms with van der Waals surface area (Å²) in [5.41, 5.74) is 0.789. The molecule has 1 fully saturated rings. The number of hydrogen-bond donors (Lipinski definition) is 2. The van der Waals surface area contributed by atoms with Gasteiger partial charge in [0.25, 0.3) is 0 Å². The van der Waals surface area contributed by atoms with Crippen LogP contribution >= 0.6 is 0 Å². The van der Waals surface area contributed by atoms with Crippen LogP contribution in [0.2, 0.25) is 0 Å². The number of nitrogens with one attached hydrogen (secondary N) is 2. The van der Waals surface area contributed by atoms with Gasteiger partial charge in [0.15, 0.2) is 0 Å². The lowest BCUT2D eigenvalue weighted by molar-refractivity contribution is 0.416. The van der Waals surface area contributed by atoms with Crippen molar-refractivity contribution in [1.82, 2.24) is 10.0 Å². The summed E-state index contributed by atoms with van der Waals surface area (Å²) in [6.07, 6.45) is 0. The first kappa shape index (κ1) is 14.3. The number of anilines is 1. The molecule has 0 unspecified atom stereocenters. The molecule has 1 aliphatic heterocycles. The molecule has 19 heavy (non-hydrogen) atoms. The van der Waals surface area contributed by atoms with Gasteiger partial charge in [0, 0.05) is 26.2 Å². The van der Waals surface area contributed by atoms with Crippen molar-refractivity contribution in [1.29, 1.82) is 0 Å². The molecule has 2 N–H and O–H groups in total. The van der Waals surface area contributed by atoms with Crippen molar-refractivity contribution >= 4 is 15.7 Å². The molecule has 0 spiro atoms. The third kappa shape index (κ3) is 2.91. The molecular formula is C13H21N3O2S. The lowest BCUT2D eigenvalue weighted by Gasteiger charge is -2.40. The molecule has 5 nitrogen and oxygen atoms in total. The first-order chi connectivity index (χ1) is 9.10. The molecule has 106 valence electrons. The van der Waals surface area contributed by atoms with Crippen LogP contribution in [-0.4, -0.2) is 40.6 Å². The van der Waals surface area contributed by atoms with Gasteiger partial charge in [0.1, 0.15) is 4.90 Å². The van der Waals surface area contributed by atoms with Gasteiger partial charge < -0.3 is 10.2 Å². The van der Waals surface area contributed by atoms with E-state index in [1.165, 1.54) is 0 Å². The predicted molar refractivity (Wildman–Crippen MR) is 77.0 cm³/mol. The van der Waals surface area contributed by atoms with Crippen LogP contribution < -0.4 is 14.9 Å². The third-order valence-corrected chi connectivity index (χ3v) is 4.93. The van der Waals surface area contributed by atoms with Gasteiger partial charge in [-0.15, -0.1) is 0 Å². The minimum atomic E-state index is -3.43. The minimum Gasteiger partial charge on any atom is -0.365 e. The van der Waals surface area contributed by atoms with E-state index in [-0.39, 0.29) is 0 Å². The fourth-order valence-corrected chi connectivity index (χ4v) is 3.56.